The van der Waals surface area contributed by atoms with Gasteiger partial charge in [-0.1, -0.05) is 0 Å². The van der Waals surface area contributed by atoms with Gasteiger partial charge in [0.1, 0.15) is 0 Å². The van der Waals surface area contributed by atoms with E-state index >= 15 is 0 Å². The first-order chi connectivity index (χ1) is 8.33. The van der Waals surface area contributed by atoms with Gasteiger partial charge in [0.25, 0.3) is 0 Å². The molecule has 1 rings (SSSR count). The molecular formula is C14H29N3O. The van der Waals surface area contributed by atoms with Crippen molar-refractivity contribution in [1.82, 2.24) is 15.5 Å². The van der Waals surface area contributed by atoms with Gasteiger partial charge in [-0.15, -0.1) is 0 Å². The SMILES string of the molecule is CNC(=O)C(C)N1CCCC(CNC(C)(C)C)C1. The molecule has 2 unspecified atom stereocenters. The van der Waals surface area contributed by atoms with Crippen LogP contribution in [0, 0.1) is 5.92 Å². The lowest BCUT2D eigenvalue weighted by Gasteiger charge is -2.37. The lowest BCUT2D eigenvalue weighted by atomic mass is 9.95. The van der Waals surface area contributed by atoms with Crippen molar-refractivity contribution < 1.29 is 4.79 Å². The first-order valence-electron chi connectivity index (χ1n) is 7.04. The van der Waals surface area contributed by atoms with E-state index < -0.39 is 0 Å². The van der Waals surface area contributed by atoms with Crippen molar-refractivity contribution >= 4 is 5.91 Å². The van der Waals surface area contributed by atoms with E-state index in [2.05, 4.69) is 36.3 Å². The van der Waals surface area contributed by atoms with Crippen LogP contribution < -0.4 is 10.6 Å². The fraction of sp³-hybridized carbons (Fsp3) is 0.929. The zero-order chi connectivity index (χ0) is 13.8. The highest BCUT2D eigenvalue weighted by Gasteiger charge is 2.27. The maximum absolute atomic E-state index is 11.7. The average Bonchev–Trinajstić information content (AvgIpc) is 2.34. The van der Waals surface area contributed by atoms with E-state index in [1.54, 1.807) is 7.05 Å². The predicted molar refractivity (Wildman–Crippen MR) is 75.6 cm³/mol. The number of nitrogens with zero attached hydrogens (tertiary/aromatic N) is 1. The number of hydrogen-bond acceptors (Lipinski definition) is 3. The summed E-state index contributed by atoms with van der Waals surface area (Å²) in [5, 5.41) is 6.30. The third-order valence-corrected chi connectivity index (χ3v) is 3.65. The summed E-state index contributed by atoms with van der Waals surface area (Å²) in [5.41, 5.74) is 0.175. The van der Waals surface area contributed by atoms with E-state index in [9.17, 15) is 4.79 Å². The fourth-order valence-corrected chi connectivity index (χ4v) is 2.44. The molecule has 1 aliphatic heterocycles. The van der Waals surface area contributed by atoms with Crippen molar-refractivity contribution in [3.8, 4) is 0 Å². The molecule has 2 N–H and O–H groups in total. The van der Waals surface area contributed by atoms with Crippen molar-refractivity contribution in [2.45, 2.75) is 52.1 Å². The fourth-order valence-electron chi connectivity index (χ4n) is 2.44. The molecule has 0 spiro atoms. The van der Waals surface area contributed by atoms with E-state index in [1.165, 1.54) is 12.8 Å². The summed E-state index contributed by atoms with van der Waals surface area (Å²) in [6.07, 6.45) is 2.46. The summed E-state index contributed by atoms with van der Waals surface area (Å²) in [7, 11) is 1.71. The molecule has 4 heteroatoms. The number of hydrogen-bond donors (Lipinski definition) is 2. The maximum atomic E-state index is 11.7. The molecule has 0 radical (unpaired) electrons. The van der Waals surface area contributed by atoms with Crippen LogP contribution in [0.3, 0.4) is 0 Å². The molecule has 0 aromatic rings. The average molecular weight is 255 g/mol. The number of carbonyl (C=O) groups is 1. The third kappa shape index (κ3) is 4.94. The van der Waals surface area contributed by atoms with Gasteiger partial charge in [-0.25, -0.2) is 0 Å². The van der Waals surface area contributed by atoms with Gasteiger partial charge in [0, 0.05) is 19.1 Å². The van der Waals surface area contributed by atoms with Gasteiger partial charge in [-0.3, -0.25) is 9.69 Å². The summed E-state index contributed by atoms with van der Waals surface area (Å²) in [5.74, 6) is 0.782. The van der Waals surface area contributed by atoms with Gasteiger partial charge in [0.15, 0.2) is 0 Å². The Morgan fingerprint density at radius 2 is 2.11 bits per heavy atom. The minimum Gasteiger partial charge on any atom is -0.358 e. The van der Waals surface area contributed by atoms with Crippen molar-refractivity contribution in [2.24, 2.45) is 5.92 Å². The number of likely N-dealkylation sites (N-methyl/N-ethyl adjacent to an activating group) is 1. The number of nitrogens with one attached hydrogen (secondary N) is 2. The second-order valence-corrected chi connectivity index (χ2v) is 6.42. The minimum absolute atomic E-state index is 0.00700. The lowest BCUT2D eigenvalue weighted by molar-refractivity contribution is -0.126. The smallest absolute Gasteiger partial charge is 0.236 e. The molecule has 0 bridgehead atoms. The highest BCUT2D eigenvalue weighted by Crippen LogP contribution is 2.18. The van der Waals surface area contributed by atoms with Crippen LogP contribution in [0.1, 0.15) is 40.5 Å². The third-order valence-electron chi connectivity index (χ3n) is 3.65. The van der Waals surface area contributed by atoms with Gasteiger partial charge < -0.3 is 10.6 Å². The highest BCUT2D eigenvalue weighted by atomic mass is 16.2. The first kappa shape index (κ1) is 15.4. The lowest BCUT2D eigenvalue weighted by Crippen LogP contribution is -2.50. The Balaban J connectivity index is 2.43. The quantitative estimate of drug-likeness (QED) is 0.794. The zero-order valence-corrected chi connectivity index (χ0v) is 12.5. The monoisotopic (exact) mass is 255 g/mol. The van der Waals surface area contributed by atoms with Crippen molar-refractivity contribution in [3.05, 3.63) is 0 Å². The Hall–Kier alpha value is -0.610. The van der Waals surface area contributed by atoms with Gasteiger partial charge in [-0.2, -0.15) is 0 Å². The van der Waals surface area contributed by atoms with Crippen LogP contribution in [0.15, 0.2) is 0 Å². The van der Waals surface area contributed by atoms with Gasteiger partial charge in [-0.05, 0) is 59.5 Å². The Morgan fingerprint density at radius 1 is 1.44 bits per heavy atom. The Kier molecular flexibility index (Phi) is 5.60. The van der Waals surface area contributed by atoms with Gasteiger partial charge in [0.05, 0.1) is 6.04 Å². The molecule has 0 aromatic heterocycles. The van der Waals surface area contributed by atoms with E-state index in [1.807, 2.05) is 6.92 Å². The maximum Gasteiger partial charge on any atom is 0.236 e. The molecule has 0 aromatic carbocycles. The molecule has 2 atom stereocenters. The Morgan fingerprint density at radius 3 is 2.67 bits per heavy atom. The van der Waals surface area contributed by atoms with Crippen LogP contribution >= 0.6 is 0 Å². The van der Waals surface area contributed by atoms with E-state index in [4.69, 9.17) is 0 Å². The van der Waals surface area contributed by atoms with Gasteiger partial charge >= 0.3 is 0 Å². The number of rotatable bonds is 4. The van der Waals surface area contributed by atoms with Crippen LogP contribution in [-0.4, -0.2) is 49.1 Å². The largest absolute Gasteiger partial charge is 0.358 e. The first-order valence-corrected chi connectivity index (χ1v) is 7.04. The highest BCUT2D eigenvalue weighted by molar-refractivity contribution is 5.80. The number of carbonyl (C=O) groups excluding carboxylic acids is 1. The number of piperidine rings is 1. The zero-order valence-electron chi connectivity index (χ0n) is 12.5. The molecular weight excluding hydrogens is 226 g/mol. The predicted octanol–water partition coefficient (Wildman–Crippen LogP) is 1.22. The summed E-state index contributed by atoms with van der Waals surface area (Å²) in [4.78, 5) is 14.0. The van der Waals surface area contributed by atoms with Crippen LogP contribution in [0.25, 0.3) is 0 Å². The number of likely N-dealkylation sites (tertiary alicyclic amines) is 1. The number of amides is 1. The topological polar surface area (TPSA) is 44.4 Å². The molecule has 1 saturated heterocycles. The molecule has 106 valence electrons. The van der Waals surface area contributed by atoms with E-state index in [0.717, 1.165) is 19.6 Å². The summed E-state index contributed by atoms with van der Waals surface area (Å²) in [6, 6.07) is -0.00700. The normalized spacial score (nSPS) is 23.7. The standard InChI is InChI=1S/C14H29N3O/c1-11(13(18)15-5)17-8-6-7-12(10-17)9-16-14(2,3)4/h11-12,16H,6-10H2,1-5H3,(H,15,18). The van der Waals surface area contributed by atoms with E-state index in [-0.39, 0.29) is 17.5 Å². The molecule has 1 heterocycles. The van der Waals surface area contributed by atoms with E-state index in [0.29, 0.717) is 5.92 Å². The van der Waals surface area contributed by atoms with Gasteiger partial charge in [0.2, 0.25) is 5.91 Å². The molecule has 1 fully saturated rings. The second kappa shape index (κ2) is 6.53. The van der Waals surface area contributed by atoms with Crippen LogP contribution in [0.4, 0.5) is 0 Å². The van der Waals surface area contributed by atoms with Crippen molar-refractivity contribution in [3.63, 3.8) is 0 Å². The summed E-state index contributed by atoms with van der Waals surface area (Å²) < 4.78 is 0. The van der Waals surface area contributed by atoms with Crippen LogP contribution in [0.2, 0.25) is 0 Å². The molecule has 0 aliphatic carbocycles. The summed E-state index contributed by atoms with van der Waals surface area (Å²) >= 11 is 0. The Bertz CT molecular complexity index is 273. The minimum atomic E-state index is -0.00700. The molecule has 0 saturated carbocycles. The molecule has 4 nitrogen and oxygen atoms in total. The van der Waals surface area contributed by atoms with Crippen molar-refractivity contribution in [1.29, 1.82) is 0 Å². The summed E-state index contributed by atoms with van der Waals surface area (Å²) in [6.45, 7) is 11.7. The van der Waals surface area contributed by atoms with Crippen LogP contribution in [0.5, 0.6) is 0 Å². The second-order valence-electron chi connectivity index (χ2n) is 6.42. The molecule has 1 amide bonds. The van der Waals surface area contributed by atoms with Crippen molar-refractivity contribution in [2.75, 3.05) is 26.7 Å². The van der Waals surface area contributed by atoms with Crippen LogP contribution in [-0.2, 0) is 4.79 Å². The Labute approximate surface area is 111 Å². The molecule has 1 aliphatic rings. The molecule has 18 heavy (non-hydrogen) atoms.